The van der Waals surface area contributed by atoms with Crippen molar-refractivity contribution in [1.29, 1.82) is 0 Å². The third-order valence-electron chi connectivity index (χ3n) is 4.18. The summed E-state index contributed by atoms with van der Waals surface area (Å²) in [6, 6.07) is 9.77. The van der Waals surface area contributed by atoms with Gasteiger partial charge in [0.1, 0.15) is 6.04 Å². The average Bonchev–Trinajstić information content (AvgIpc) is 2.90. The maximum atomic E-state index is 12.4. The molecule has 1 amide bonds. The SMILES string of the molecule is O=C1C(c2ccccc2)NCN1CCCN1CCOCC1. The van der Waals surface area contributed by atoms with E-state index in [-0.39, 0.29) is 11.9 Å². The molecule has 2 saturated heterocycles. The van der Waals surface area contributed by atoms with Gasteiger partial charge in [0.25, 0.3) is 0 Å². The fourth-order valence-corrected chi connectivity index (χ4v) is 2.95. The van der Waals surface area contributed by atoms with Crippen LogP contribution in [0.5, 0.6) is 0 Å². The van der Waals surface area contributed by atoms with Gasteiger partial charge in [-0.1, -0.05) is 30.3 Å². The van der Waals surface area contributed by atoms with Crippen LogP contribution < -0.4 is 5.32 Å². The Labute approximate surface area is 125 Å². The number of hydrogen-bond acceptors (Lipinski definition) is 4. The molecule has 1 aromatic carbocycles. The van der Waals surface area contributed by atoms with E-state index < -0.39 is 0 Å². The zero-order chi connectivity index (χ0) is 14.5. The van der Waals surface area contributed by atoms with Crippen LogP contribution in [0.15, 0.2) is 30.3 Å². The molecule has 0 aliphatic carbocycles. The smallest absolute Gasteiger partial charge is 0.245 e. The minimum absolute atomic E-state index is 0.172. The summed E-state index contributed by atoms with van der Waals surface area (Å²) in [7, 11) is 0. The fourth-order valence-electron chi connectivity index (χ4n) is 2.95. The van der Waals surface area contributed by atoms with Crippen LogP contribution in [0.2, 0.25) is 0 Å². The molecule has 5 heteroatoms. The average molecular weight is 289 g/mol. The number of carbonyl (C=O) groups excluding carboxylic acids is 1. The summed E-state index contributed by atoms with van der Waals surface area (Å²) in [5.41, 5.74) is 1.05. The van der Waals surface area contributed by atoms with Crippen molar-refractivity contribution in [3.05, 3.63) is 35.9 Å². The van der Waals surface area contributed by atoms with Crippen molar-refractivity contribution in [3.8, 4) is 0 Å². The molecule has 0 saturated carbocycles. The predicted octanol–water partition coefficient (Wildman–Crippen LogP) is 0.839. The Morgan fingerprint density at radius 2 is 1.90 bits per heavy atom. The number of amides is 1. The summed E-state index contributed by atoms with van der Waals surface area (Å²) in [4.78, 5) is 16.8. The number of hydrogen-bond donors (Lipinski definition) is 1. The molecule has 3 rings (SSSR count). The first-order valence-electron chi connectivity index (χ1n) is 7.72. The van der Waals surface area contributed by atoms with Crippen LogP contribution in [0, 0.1) is 0 Å². The molecule has 2 heterocycles. The standard InChI is InChI=1S/C16H23N3O2/c20-16-15(14-5-2-1-3-6-14)17-13-19(16)8-4-7-18-9-11-21-12-10-18/h1-3,5-6,15,17H,4,7-13H2. The molecule has 1 aromatic rings. The van der Waals surface area contributed by atoms with E-state index in [0.717, 1.165) is 51.4 Å². The van der Waals surface area contributed by atoms with E-state index in [4.69, 9.17) is 4.74 Å². The van der Waals surface area contributed by atoms with E-state index >= 15 is 0 Å². The van der Waals surface area contributed by atoms with Crippen molar-refractivity contribution < 1.29 is 9.53 Å². The van der Waals surface area contributed by atoms with Gasteiger partial charge in [-0.25, -0.2) is 0 Å². The zero-order valence-electron chi connectivity index (χ0n) is 12.3. The van der Waals surface area contributed by atoms with Gasteiger partial charge in [0, 0.05) is 26.2 Å². The Kier molecular flexibility index (Phi) is 4.85. The number of rotatable bonds is 5. The van der Waals surface area contributed by atoms with E-state index in [0.29, 0.717) is 6.67 Å². The lowest BCUT2D eigenvalue weighted by atomic mass is 10.1. The van der Waals surface area contributed by atoms with E-state index in [1.807, 2.05) is 35.2 Å². The number of carbonyl (C=O) groups is 1. The van der Waals surface area contributed by atoms with Gasteiger partial charge in [-0.3, -0.25) is 15.0 Å². The highest BCUT2D eigenvalue weighted by atomic mass is 16.5. The van der Waals surface area contributed by atoms with Crippen molar-refractivity contribution in [2.24, 2.45) is 0 Å². The second-order valence-electron chi connectivity index (χ2n) is 5.62. The maximum absolute atomic E-state index is 12.4. The molecule has 2 aliphatic heterocycles. The molecule has 0 bridgehead atoms. The zero-order valence-corrected chi connectivity index (χ0v) is 12.3. The van der Waals surface area contributed by atoms with Gasteiger partial charge in [0.2, 0.25) is 5.91 Å². The molecule has 0 spiro atoms. The maximum Gasteiger partial charge on any atom is 0.245 e. The number of ether oxygens (including phenoxy) is 1. The quantitative estimate of drug-likeness (QED) is 0.872. The topological polar surface area (TPSA) is 44.8 Å². The minimum atomic E-state index is -0.172. The lowest BCUT2D eigenvalue weighted by Gasteiger charge is -2.27. The summed E-state index contributed by atoms with van der Waals surface area (Å²) in [6.45, 7) is 6.22. The van der Waals surface area contributed by atoms with Crippen LogP contribution >= 0.6 is 0 Å². The Hall–Kier alpha value is -1.43. The molecule has 5 nitrogen and oxygen atoms in total. The van der Waals surface area contributed by atoms with Gasteiger partial charge in [-0.2, -0.15) is 0 Å². The molecule has 2 aliphatic rings. The van der Waals surface area contributed by atoms with E-state index in [1.54, 1.807) is 0 Å². The number of morpholine rings is 1. The molecule has 21 heavy (non-hydrogen) atoms. The van der Waals surface area contributed by atoms with Gasteiger partial charge in [-0.05, 0) is 12.0 Å². The van der Waals surface area contributed by atoms with Crippen LogP contribution in [0.25, 0.3) is 0 Å². The monoisotopic (exact) mass is 289 g/mol. The van der Waals surface area contributed by atoms with Gasteiger partial charge in [0.15, 0.2) is 0 Å². The van der Waals surface area contributed by atoms with Gasteiger partial charge >= 0.3 is 0 Å². The second kappa shape index (κ2) is 7.02. The predicted molar refractivity (Wildman–Crippen MR) is 80.8 cm³/mol. The highest BCUT2D eigenvalue weighted by molar-refractivity contribution is 5.85. The molecular weight excluding hydrogens is 266 g/mol. The van der Waals surface area contributed by atoms with Gasteiger partial charge in [-0.15, -0.1) is 0 Å². The Bertz CT molecular complexity index is 460. The highest BCUT2D eigenvalue weighted by Gasteiger charge is 2.31. The lowest BCUT2D eigenvalue weighted by Crippen LogP contribution is -2.38. The van der Waals surface area contributed by atoms with Crippen molar-refractivity contribution in [1.82, 2.24) is 15.1 Å². The molecule has 0 aromatic heterocycles. The fraction of sp³-hybridized carbons (Fsp3) is 0.562. The molecule has 1 N–H and O–H groups in total. The van der Waals surface area contributed by atoms with E-state index in [1.165, 1.54) is 0 Å². The lowest BCUT2D eigenvalue weighted by molar-refractivity contribution is -0.129. The number of benzene rings is 1. The summed E-state index contributed by atoms with van der Waals surface area (Å²) in [5.74, 6) is 0.197. The minimum Gasteiger partial charge on any atom is -0.379 e. The molecule has 114 valence electrons. The molecule has 0 radical (unpaired) electrons. The largest absolute Gasteiger partial charge is 0.379 e. The Morgan fingerprint density at radius 3 is 2.67 bits per heavy atom. The molecule has 1 atom stereocenters. The van der Waals surface area contributed by atoms with Crippen LogP contribution in [-0.4, -0.2) is 61.8 Å². The van der Waals surface area contributed by atoms with E-state index in [2.05, 4.69) is 10.2 Å². The van der Waals surface area contributed by atoms with Crippen LogP contribution in [0.3, 0.4) is 0 Å². The van der Waals surface area contributed by atoms with E-state index in [9.17, 15) is 4.79 Å². The first kappa shape index (κ1) is 14.5. The Morgan fingerprint density at radius 1 is 1.14 bits per heavy atom. The third-order valence-corrected chi connectivity index (χ3v) is 4.18. The summed E-state index contributed by atoms with van der Waals surface area (Å²) >= 11 is 0. The third kappa shape index (κ3) is 3.61. The van der Waals surface area contributed by atoms with Crippen LogP contribution in [0.1, 0.15) is 18.0 Å². The van der Waals surface area contributed by atoms with Crippen molar-refractivity contribution in [2.75, 3.05) is 46.1 Å². The molecular formula is C16H23N3O2. The van der Waals surface area contributed by atoms with Crippen molar-refractivity contribution in [2.45, 2.75) is 12.5 Å². The molecule has 2 fully saturated rings. The van der Waals surface area contributed by atoms with Gasteiger partial charge in [0.05, 0.1) is 19.9 Å². The summed E-state index contributed by atoms with van der Waals surface area (Å²) < 4.78 is 5.34. The van der Waals surface area contributed by atoms with Crippen molar-refractivity contribution in [3.63, 3.8) is 0 Å². The first-order valence-corrected chi connectivity index (χ1v) is 7.72. The second-order valence-corrected chi connectivity index (χ2v) is 5.62. The highest BCUT2D eigenvalue weighted by Crippen LogP contribution is 2.20. The Balaban J connectivity index is 1.46. The van der Waals surface area contributed by atoms with Crippen LogP contribution in [-0.2, 0) is 9.53 Å². The normalized spacial score (nSPS) is 23.7. The number of nitrogens with zero attached hydrogens (tertiary/aromatic N) is 2. The van der Waals surface area contributed by atoms with Crippen LogP contribution in [0.4, 0.5) is 0 Å². The van der Waals surface area contributed by atoms with Gasteiger partial charge < -0.3 is 9.64 Å². The van der Waals surface area contributed by atoms with Crippen molar-refractivity contribution >= 4 is 5.91 Å². The summed E-state index contributed by atoms with van der Waals surface area (Å²) in [6.07, 6.45) is 1.02. The summed E-state index contributed by atoms with van der Waals surface area (Å²) in [5, 5.41) is 3.30. The first-order chi connectivity index (χ1) is 10.3. The molecule has 1 unspecified atom stereocenters. The number of nitrogens with one attached hydrogen (secondary N) is 1.